The average Bonchev–Trinajstić information content (AvgIpc) is 2.42. The second-order valence-electron chi connectivity index (χ2n) is 3.93. The number of carbonyl (C=O) groups is 2. The molecule has 1 amide bonds. The van der Waals surface area contributed by atoms with E-state index in [2.05, 4.69) is 5.32 Å². The highest BCUT2D eigenvalue weighted by Crippen LogP contribution is 2.21. The Bertz CT molecular complexity index is 481. The number of methoxy groups -OCH3 is 1. The molecule has 0 atom stereocenters. The van der Waals surface area contributed by atoms with Crippen molar-refractivity contribution in [1.29, 1.82) is 0 Å². The summed E-state index contributed by atoms with van der Waals surface area (Å²) in [4.78, 5) is 22.8. The molecule has 0 radical (unpaired) electrons. The first kappa shape index (κ1) is 16.5. The normalized spacial score (nSPS) is 10.3. The largest absolute Gasteiger partial charge is 0.478 e. The summed E-state index contributed by atoms with van der Waals surface area (Å²) in [6, 6.07) is 3.76. The number of nitrogens with one attached hydrogen (secondary N) is 1. The van der Waals surface area contributed by atoms with Crippen molar-refractivity contribution in [3.63, 3.8) is 0 Å². The third-order valence-electron chi connectivity index (χ3n) is 2.39. The fourth-order valence-corrected chi connectivity index (χ4v) is 2.17. The predicted octanol–water partition coefficient (Wildman–Crippen LogP) is 1.77. The van der Waals surface area contributed by atoms with Gasteiger partial charge in [0.1, 0.15) is 5.82 Å². The monoisotopic (exact) mass is 301 g/mol. The summed E-state index contributed by atoms with van der Waals surface area (Å²) < 4.78 is 18.0. The number of carboxylic acid groups (broad SMARTS) is 1. The first-order valence-electron chi connectivity index (χ1n) is 5.96. The lowest BCUT2D eigenvalue weighted by atomic mass is 10.2. The number of ether oxygens (including phenoxy) is 1. The number of carboxylic acids is 1. The first-order valence-corrected chi connectivity index (χ1v) is 6.94. The molecule has 0 aliphatic rings. The number of benzene rings is 1. The zero-order valence-corrected chi connectivity index (χ0v) is 11.8. The van der Waals surface area contributed by atoms with Gasteiger partial charge in [0.15, 0.2) is 0 Å². The third kappa shape index (κ3) is 5.58. The average molecular weight is 301 g/mol. The molecule has 1 aromatic rings. The molecule has 0 fully saturated rings. The van der Waals surface area contributed by atoms with E-state index in [-0.39, 0.29) is 11.7 Å². The molecule has 20 heavy (non-hydrogen) atoms. The van der Waals surface area contributed by atoms with Gasteiger partial charge in [0.25, 0.3) is 0 Å². The van der Waals surface area contributed by atoms with Crippen LogP contribution in [0.4, 0.5) is 4.39 Å². The Kier molecular flexibility index (Phi) is 7.03. The molecular weight excluding hydrogens is 285 g/mol. The van der Waals surface area contributed by atoms with E-state index in [0.717, 1.165) is 24.2 Å². The van der Waals surface area contributed by atoms with Crippen LogP contribution in [0.2, 0.25) is 0 Å². The van der Waals surface area contributed by atoms with Crippen LogP contribution in [0.3, 0.4) is 0 Å². The molecule has 0 saturated heterocycles. The minimum atomic E-state index is -1.33. The Balaban J connectivity index is 2.43. The van der Waals surface area contributed by atoms with Crippen LogP contribution in [0.5, 0.6) is 0 Å². The molecule has 0 spiro atoms. The SMILES string of the molecule is COCCCNC(=O)CSc1ccc(F)c(C(=O)O)c1. The fourth-order valence-electron chi connectivity index (χ4n) is 1.40. The Hall–Kier alpha value is -1.60. The van der Waals surface area contributed by atoms with Gasteiger partial charge in [0.05, 0.1) is 11.3 Å². The highest BCUT2D eigenvalue weighted by Gasteiger charge is 2.11. The van der Waals surface area contributed by atoms with E-state index in [0.29, 0.717) is 18.0 Å². The molecule has 0 bridgehead atoms. The second-order valence-corrected chi connectivity index (χ2v) is 4.98. The van der Waals surface area contributed by atoms with E-state index in [1.165, 1.54) is 12.1 Å². The number of amides is 1. The molecular formula is C13H16FNO4S. The quantitative estimate of drug-likeness (QED) is 0.565. The maximum absolute atomic E-state index is 13.2. The van der Waals surface area contributed by atoms with Crippen molar-refractivity contribution in [2.45, 2.75) is 11.3 Å². The fraction of sp³-hybridized carbons (Fsp3) is 0.385. The molecule has 0 unspecified atom stereocenters. The summed E-state index contributed by atoms with van der Waals surface area (Å²) in [5.41, 5.74) is -0.393. The van der Waals surface area contributed by atoms with Crippen LogP contribution in [-0.2, 0) is 9.53 Å². The van der Waals surface area contributed by atoms with Crippen LogP contribution in [-0.4, -0.2) is 43.0 Å². The van der Waals surface area contributed by atoms with Gasteiger partial charge in [-0.1, -0.05) is 0 Å². The highest BCUT2D eigenvalue weighted by molar-refractivity contribution is 8.00. The molecule has 1 aromatic carbocycles. The zero-order chi connectivity index (χ0) is 15.0. The zero-order valence-electron chi connectivity index (χ0n) is 11.0. The standard InChI is InChI=1S/C13H16FNO4S/c1-19-6-2-5-15-12(16)8-20-9-3-4-11(14)10(7-9)13(17)18/h3-4,7H,2,5-6,8H2,1H3,(H,15,16)(H,17,18). The molecule has 1 rings (SSSR count). The lowest BCUT2D eigenvalue weighted by molar-refractivity contribution is -0.118. The van der Waals surface area contributed by atoms with E-state index in [9.17, 15) is 14.0 Å². The van der Waals surface area contributed by atoms with Crippen molar-refractivity contribution in [2.75, 3.05) is 26.0 Å². The number of hydrogen-bond acceptors (Lipinski definition) is 4. The van der Waals surface area contributed by atoms with Crippen LogP contribution in [0.15, 0.2) is 23.1 Å². The van der Waals surface area contributed by atoms with Gasteiger partial charge < -0.3 is 15.2 Å². The molecule has 0 aliphatic heterocycles. The number of aromatic carboxylic acids is 1. The molecule has 2 N–H and O–H groups in total. The number of rotatable bonds is 8. The molecule has 0 heterocycles. The van der Waals surface area contributed by atoms with E-state index in [1.54, 1.807) is 7.11 Å². The Morgan fingerprint density at radius 2 is 2.20 bits per heavy atom. The molecule has 0 aliphatic carbocycles. The summed E-state index contributed by atoms with van der Waals surface area (Å²) in [5, 5.41) is 11.5. The molecule has 110 valence electrons. The first-order chi connectivity index (χ1) is 9.54. The summed E-state index contributed by atoms with van der Waals surface area (Å²) in [6.07, 6.45) is 0.729. The Labute approximate surface area is 120 Å². The number of carbonyl (C=O) groups excluding carboxylic acids is 1. The molecule has 0 saturated carbocycles. The molecule has 7 heteroatoms. The predicted molar refractivity (Wildman–Crippen MR) is 73.6 cm³/mol. The summed E-state index contributed by atoms with van der Waals surface area (Å²) >= 11 is 1.16. The Morgan fingerprint density at radius 3 is 2.85 bits per heavy atom. The van der Waals surface area contributed by atoms with Gasteiger partial charge in [-0.2, -0.15) is 0 Å². The summed E-state index contributed by atoms with van der Waals surface area (Å²) in [5.74, 6) is -2.12. The van der Waals surface area contributed by atoms with Crippen molar-refractivity contribution in [3.05, 3.63) is 29.6 Å². The molecule has 0 aromatic heterocycles. The number of hydrogen-bond donors (Lipinski definition) is 2. The minimum absolute atomic E-state index is 0.150. The van der Waals surface area contributed by atoms with Crippen molar-refractivity contribution in [1.82, 2.24) is 5.32 Å². The summed E-state index contributed by atoms with van der Waals surface area (Å²) in [7, 11) is 1.59. The highest BCUT2D eigenvalue weighted by atomic mass is 32.2. The van der Waals surface area contributed by atoms with Crippen molar-refractivity contribution in [2.24, 2.45) is 0 Å². The lowest BCUT2D eigenvalue weighted by Crippen LogP contribution is -2.26. The Morgan fingerprint density at radius 1 is 1.45 bits per heavy atom. The van der Waals surface area contributed by atoms with Gasteiger partial charge in [-0.05, 0) is 24.6 Å². The van der Waals surface area contributed by atoms with Crippen molar-refractivity contribution < 1.29 is 23.8 Å². The smallest absolute Gasteiger partial charge is 0.338 e. The van der Waals surface area contributed by atoms with E-state index >= 15 is 0 Å². The third-order valence-corrected chi connectivity index (χ3v) is 3.38. The summed E-state index contributed by atoms with van der Waals surface area (Å²) in [6.45, 7) is 1.10. The van der Waals surface area contributed by atoms with Gasteiger partial charge in [0.2, 0.25) is 5.91 Å². The van der Waals surface area contributed by atoms with E-state index in [4.69, 9.17) is 9.84 Å². The minimum Gasteiger partial charge on any atom is -0.478 e. The maximum Gasteiger partial charge on any atom is 0.338 e. The van der Waals surface area contributed by atoms with Gasteiger partial charge >= 0.3 is 5.97 Å². The van der Waals surface area contributed by atoms with Crippen LogP contribution in [0.25, 0.3) is 0 Å². The van der Waals surface area contributed by atoms with E-state index in [1.807, 2.05) is 0 Å². The maximum atomic E-state index is 13.2. The molecule has 5 nitrogen and oxygen atoms in total. The number of thioether (sulfide) groups is 1. The van der Waals surface area contributed by atoms with Gasteiger partial charge in [-0.15, -0.1) is 11.8 Å². The van der Waals surface area contributed by atoms with Crippen molar-refractivity contribution in [3.8, 4) is 0 Å². The second kappa shape index (κ2) is 8.55. The van der Waals surface area contributed by atoms with Crippen LogP contribution < -0.4 is 5.32 Å². The van der Waals surface area contributed by atoms with Crippen LogP contribution >= 0.6 is 11.8 Å². The van der Waals surface area contributed by atoms with Crippen molar-refractivity contribution >= 4 is 23.6 Å². The number of halogens is 1. The van der Waals surface area contributed by atoms with E-state index < -0.39 is 17.3 Å². The van der Waals surface area contributed by atoms with Crippen LogP contribution in [0, 0.1) is 5.82 Å². The topological polar surface area (TPSA) is 75.6 Å². The van der Waals surface area contributed by atoms with Gasteiger partial charge in [-0.25, -0.2) is 9.18 Å². The van der Waals surface area contributed by atoms with Crippen LogP contribution in [0.1, 0.15) is 16.8 Å². The lowest BCUT2D eigenvalue weighted by Gasteiger charge is -2.06. The van der Waals surface area contributed by atoms with Gasteiger partial charge in [0, 0.05) is 25.2 Å². The van der Waals surface area contributed by atoms with Gasteiger partial charge in [-0.3, -0.25) is 4.79 Å².